The Morgan fingerprint density at radius 1 is 1.24 bits per heavy atom. The highest BCUT2D eigenvalue weighted by atomic mass is 32.1. The van der Waals surface area contributed by atoms with Crippen LogP contribution in [-0.2, 0) is 25.7 Å². The molecule has 2 aromatic rings. The van der Waals surface area contributed by atoms with Gasteiger partial charge in [-0.25, -0.2) is 4.79 Å². The third-order valence-corrected chi connectivity index (χ3v) is 7.44. The molecule has 0 radical (unpaired) electrons. The highest BCUT2D eigenvalue weighted by Crippen LogP contribution is 2.34. The molecule has 0 spiro atoms. The number of fused-ring (bicyclic) bond motifs is 1. The molecule has 3 heterocycles. The second-order valence-corrected chi connectivity index (χ2v) is 9.98. The van der Waals surface area contributed by atoms with Crippen molar-refractivity contribution in [3.63, 3.8) is 0 Å². The number of anilines is 1. The summed E-state index contributed by atoms with van der Waals surface area (Å²) >= 11 is 1.29. The SMILES string of the molecule is CN(C)C1CCN(Cc2cc(NC(=O)c3csc4c3CCN(C(=O)O)C4)cc(C(F)(F)F)c2)C1. The lowest BCUT2D eigenvalue weighted by Crippen LogP contribution is -2.34. The minimum atomic E-state index is -4.53. The normalized spacial score (nSPS) is 18.9. The van der Waals surface area contributed by atoms with Crippen molar-refractivity contribution >= 4 is 29.0 Å². The fourth-order valence-electron chi connectivity index (χ4n) is 4.54. The van der Waals surface area contributed by atoms with Crippen molar-refractivity contribution in [2.75, 3.05) is 39.0 Å². The Bertz CT molecular complexity index is 1090. The Hall–Kier alpha value is -2.63. The van der Waals surface area contributed by atoms with Crippen LogP contribution in [0.5, 0.6) is 0 Å². The van der Waals surface area contributed by atoms with Gasteiger partial charge in [-0.2, -0.15) is 13.2 Å². The van der Waals surface area contributed by atoms with E-state index >= 15 is 0 Å². The molecule has 2 aliphatic rings. The van der Waals surface area contributed by atoms with Gasteiger partial charge in [0.25, 0.3) is 5.91 Å². The van der Waals surface area contributed by atoms with E-state index in [9.17, 15) is 27.9 Å². The van der Waals surface area contributed by atoms with Gasteiger partial charge in [0.05, 0.1) is 17.7 Å². The number of halogens is 3. The summed E-state index contributed by atoms with van der Waals surface area (Å²) in [4.78, 5) is 30.5. The van der Waals surface area contributed by atoms with Gasteiger partial charge in [0.1, 0.15) is 0 Å². The molecule has 0 bridgehead atoms. The highest BCUT2D eigenvalue weighted by Gasteiger charge is 2.32. The maximum atomic E-state index is 13.6. The average Bonchev–Trinajstić information content (AvgIpc) is 3.39. The topological polar surface area (TPSA) is 76.1 Å². The molecule has 1 aromatic heterocycles. The third-order valence-electron chi connectivity index (χ3n) is 6.42. The number of hydrogen-bond acceptors (Lipinski definition) is 5. The summed E-state index contributed by atoms with van der Waals surface area (Å²) in [6, 6.07) is 4.07. The number of nitrogens with one attached hydrogen (secondary N) is 1. The number of benzene rings is 1. The summed E-state index contributed by atoms with van der Waals surface area (Å²) in [5.41, 5.74) is 0.944. The molecule has 2 N–H and O–H groups in total. The largest absolute Gasteiger partial charge is 0.465 e. The summed E-state index contributed by atoms with van der Waals surface area (Å²) in [7, 11) is 3.99. The van der Waals surface area contributed by atoms with Gasteiger partial charge in [0.15, 0.2) is 0 Å². The number of alkyl halides is 3. The van der Waals surface area contributed by atoms with Crippen molar-refractivity contribution in [1.82, 2.24) is 14.7 Å². The molecule has 0 saturated carbocycles. The zero-order chi connectivity index (χ0) is 24.6. The molecule has 1 atom stereocenters. The number of amides is 2. The fourth-order valence-corrected chi connectivity index (χ4v) is 5.63. The Balaban J connectivity index is 1.53. The molecule has 0 aliphatic carbocycles. The quantitative estimate of drug-likeness (QED) is 0.649. The van der Waals surface area contributed by atoms with E-state index in [2.05, 4.69) is 15.1 Å². The smallest absolute Gasteiger partial charge is 0.416 e. The van der Waals surface area contributed by atoms with E-state index in [0.29, 0.717) is 30.1 Å². The van der Waals surface area contributed by atoms with Crippen LogP contribution in [0, 0.1) is 0 Å². The van der Waals surface area contributed by atoms with Gasteiger partial charge in [-0.15, -0.1) is 11.3 Å². The second-order valence-electron chi connectivity index (χ2n) is 9.02. The van der Waals surface area contributed by atoms with Crippen LogP contribution in [0.2, 0.25) is 0 Å². The molecule has 4 rings (SSSR count). The molecule has 1 fully saturated rings. The molecule has 2 amide bonds. The fraction of sp³-hybridized carbons (Fsp3) is 0.478. The van der Waals surface area contributed by atoms with E-state index < -0.39 is 23.7 Å². The summed E-state index contributed by atoms with van der Waals surface area (Å²) in [5, 5.41) is 13.5. The van der Waals surface area contributed by atoms with Crippen LogP contribution < -0.4 is 5.32 Å². The second kappa shape index (κ2) is 9.55. The van der Waals surface area contributed by atoms with Crippen molar-refractivity contribution in [3.8, 4) is 0 Å². The number of likely N-dealkylation sites (tertiary alicyclic amines) is 1. The Morgan fingerprint density at radius 2 is 2.00 bits per heavy atom. The van der Waals surface area contributed by atoms with E-state index in [0.717, 1.165) is 42.1 Å². The standard InChI is InChI=1S/C23H27F3N4O3S/c1-28(2)17-3-5-29(11-17)10-14-7-15(23(24,25)26)9-16(8-14)27-21(31)19-13-34-20-12-30(22(32)33)6-4-18(19)20/h7-9,13,17H,3-6,10-12H2,1-2H3,(H,27,31)(H,32,33). The third kappa shape index (κ3) is 5.37. The first-order valence-electron chi connectivity index (χ1n) is 11.0. The predicted octanol–water partition coefficient (Wildman–Crippen LogP) is 4.19. The zero-order valence-corrected chi connectivity index (χ0v) is 19.8. The molecular formula is C23H27F3N4O3S. The maximum Gasteiger partial charge on any atom is 0.416 e. The molecule has 1 saturated heterocycles. The van der Waals surface area contributed by atoms with Gasteiger partial charge in [-0.3, -0.25) is 9.69 Å². The number of likely N-dealkylation sites (N-methyl/N-ethyl adjacent to an activating group) is 1. The molecule has 34 heavy (non-hydrogen) atoms. The van der Waals surface area contributed by atoms with Crippen molar-refractivity contribution < 1.29 is 27.9 Å². The lowest BCUT2D eigenvalue weighted by atomic mass is 10.0. The van der Waals surface area contributed by atoms with Gasteiger partial charge < -0.3 is 20.2 Å². The van der Waals surface area contributed by atoms with Crippen LogP contribution in [-0.4, -0.2) is 71.6 Å². The van der Waals surface area contributed by atoms with Crippen LogP contribution in [0.15, 0.2) is 23.6 Å². The Labute approximate surface area is 199 Å². The van der Waals surface area contributed by atoms with Crippen LogP contribution >= 0.6 is 11.3 Å². The minimum Gasteiger partial charge on any atom is -0.465 e. The van der Waals surface area contributed by atoms with E-state index in [-0.39, 0.29) is 18.8 Å². The Kier molecular flexibility index (Phi) is 6.88. The Morgan fingerprint density at radius 3 is 2.65 bits per heavy atom. The number of thiophene rings is 1. The van der Waals surface area contributed by atoms with Crippen molar-refractivity contribution in [2.45, 2.75) is 38.1 Å². The van der Waals surface area contributed by atoms with E-state index in [4.69, 9.17) is 0 Å². The molecule has 11 heteroatoms. The first kappa shape index (κ1) is 24.5. The maximum absolute atomic E-state index is 13.6. The number of carbonyl (C=O) groups excluding carboxylic acids is 1. The van der Waals surface area contributed by atoms with Gasteiger partial charge in [-0.1, -0.05) is 0 Å². The van der Waals surface area contributed by atoms with Gasteiger partial charge in [-0.05, 0) is 56.3 Å². The predicted molar refractivity (Wildman–Crippen MR) is 123 cm³/mol. The van der Waals surface area contributed by atoms with Crippen molar-refractivity contribution in [2.24, 2.45) is 0 Å². The zero-order valence-electron chi connectivity index (χ0n) is 19.0. The van der Waals surface area contributed by atoms with Gasteiger partial charge >= 0.3 is 12.3 Å². The molecular weight excluding hydrogens is 469 g/mol. The molecule has 1 aromatic carbocycles. The van der Waals surface area contributed by atoms with E-state index in [1.807, 2.05) is 14.1 Å². The molecule has 184 valence electrons. The molecule has 7 nitrogen and oxygen atoms in total. The summed E-state index contributed by atoms with van der Waals surface area (Å²) < 4.78 is 40.7. The van der Waals surface area contributed by atoms with Gasteiger partial charge in [0.2, 0.25) is 0 Å². The number of carbonyl (C=O) groups is 2. The number of hydrogen-bond donors (Lipinski definition) is 2. The lowest BCUT2D eigenvalue weighted by Gasteiger charge is -2.24. The average molecular weight is 497 g/mol. The van der Waals surface area contributed by atoms with Crippen LogP contribution in [0.4, 0.5) is 23.7 Å². The highest BCUT2D eigenvalue weighted by molar-refractivity contribution is 7.10. The monoisotopic (exact) mass is 496 g/mol. The van der Waals surface area contributed by atoms with Crippen LogP contribution in [0.1, 0.15) is 38.3 Å². The number of rotatable bonds is 5. The van der Waals surface area contributed by atoms with Crippen LogP contribution in [0.3, 0.4) is 0 Å². The summed E-state index contributed by atoms with van der Waals surface area (Å²) in [5.74, 6) is -0.486. The van der Waals surface area contributed by atoms with Crippen LogP contribution in [0.25, 0.3) is 0 Å². The van der Waals surface area contributed by atoms with Crippen molar-refractivity contribution in [3.05, 3.63) is 50.7 Å². The van der Waals surface area contributed by atoms with E-state index in [1.54, 1.807) is 11.4 Å². The van der Waals surface area contributed by atoms with E-state index in [1.165, 1.54) is 16.2 Å². The summed E-state index contributed by atoms with van der Waals surface area (Å²) in [6.07, 6.45) is -4.20. The first-order valence-corrected chi connectivity index (χ1v) is 11.9. The first-order chi connectivity index (χ1) is 16.0. The summed E-state index contributed by atoms with van der Waals surface area (Å²) in [6.45, 7) is 2.43. The minimum absolute atomic E-state index is 0.0982. The lowest BCUT2D eigenvalue weighted by molar-refractivity contribution is -0.137. The molecule has 1 unspecified atom stereocenters. The molecule has 2 aliphatic heterocycles. The van der Waals surface area contributed by atoms with Crippen molar-refractivity contribution in [1.29, 1.82) is 0 Å². The number of nitrogens with zero attached hydrogens (tertiary/aromatic N) is 3. The number of carboxylic acid groups (broad SMARTS) is 1. The van der Waals surface area contributed by atoms with Gasteiger partial charge in [0, 0.05) is 48.2 Å².